The molecule has 2 aromatic heterocycles. The van der Waals surface area contributed by atoms with Crippen molar-refractivity contribution in [3.63, 3.8) is 0 Å². The Morgan fingerprint density at radius 2 is 1.52 bits per heavy atom. The average molecular weight is 451 g/mol. The first-order valence-electron chi connectivity index (χ1n) is 8.84. The van der Waals surface area contributed by atoms with Crippen LogP contribution in [0, 0.1) is 11.6 Å². The van der Waals surface area contributed by atoms with Crippen LogP contribution in [-0.2, 0) is 17.8 Å². The summed E-state index contributed by atoms with van der Waals surface area (Å²) in [5.41, 5.74) is -4.10. The summed E-state index contributed by atoms with van der Waals surface area (Å²) in [5, 5.41) is 8.89. The Balaban J connectivity index is 1.73. The summed E-state index contributed by atoms with van der Waals surface area (Å²) < 4.78 is 107. The van der Waals surface area contributed by atoms with Gasteiger partial charge in [-0.25, -0.2) is 13.8 Å². The monoisotopic (exact) mass is 451 g/mol. The molecule has 3 aromatic rings. The lowest BCUT2D eigenvalue weighted by Crippen LogP contribution is -2.60. The van der Waals surface area contributed by atoms with E-state index in [0.29, 0.717) is 22.7 Å². The lowest BCUT2D eigenvalue weighted by Gasteiger charge is -2.43. The van der Waals surface area contributed by atoms with E-state index in [9.17, 15) is 35.1 Å². The minimum Gasteiger partial charge on any atom is -0.369 e. The molecule has 1 aliphatic heterocycles. The molecule has 31 heavy (non-hydrogen) atoms. The molecule has 166 valence electrons. The van der Waals surface area contributed by atoms with E-state index < -0.39 is 52.3 Å². The van der Waals surface area contributed by atoms with Crippen LogP contribution in [0.2, 0.25) is 0 Å². The summed E-state index contributed by atoms with van der Waals surface area (Å²) in [6.45, 7) is 0.368. The van der Waals surface area contributed by atoms with Gasteiger partial charge in [0.2, 0.25) is 0 Å². The fraction of sp³-hybridized carbons (Fsp3) is 0.333. The molecule has 1 aromatic carbocycles. The number of benzene rings is 1. The average Bonchev–Trinajstić information content (AvgIpc) is 3.03. The van der Waals surface area contributed by atoms with Crippen molar-refractivity contribution in [1.82, 2.24) is 19.9 Å². The number of nitrogens with zero attached hydrogens (tertiary/aromatic N) is 3. The number of halogens is 8. The number of aromatic nitrogens is 3. The second-order valence-corrected chi connectivity index (χ2v) is 7.22. The van der Waals surface area contributed by atoms with Crippen molar-refractivity contribution < 1.29 is 35.1 Å². The van der Waals surface area contributed by atoms with Crippen molar-refractivity contribution in [1.29, 1.82) is 0 Å². The van der Waals surface area contributed by atoms with E-state index in [1.807, 2.05) is 0 Å². The van der Waals surface area contributed by atoms with Gasteiger partial charge in [0.15, 0.2) is 17.0 Å². The Hall–Kier alpha value is -2.96. The predicted molar refractivity (Wildman–Crippen MR) is 92.4 cm³/mol. The lowest BCUT2D eigenvalue weighted by molar-refractivity contribution is -0.142. The van der Waals surface area contributed by atoms with Gasteiger partial charge in [-0.05, 0) is 17.7 Å². The Bertz CT molecular complexity index is 1110. The summed E-state index contributed by atoms with van der Waals surface area (Å²) in [5.74, 6) is -2.04. The molecule has 0 saturated carbocycles. The molecular formula is C18H13F8N5. The van der Waals surface area contributed by atoms with E-state index in [0.717, 1.165) is 12.1 Å². The largest absolute Gasteiger partial charge is 0.435 e. The smallest absolute Gasteiger partial charge is 0.369 e. The van der Waals surface area contributed by atoms with Crippen LogP contribution < -0.4 is 10.6 Å². The maximum absolute atomic E-state index is 13.7. The standard InChI is InChI=1S/C18H13F8N5/c19-10-1-9(2-11(20)3-10)16(6-27-7-16)8-28-14-4-12(17(21,22)23)29-15-5-13(18(24,25)26)30-31(14)15/h1-5,27-28H,6-8H2. The van der Waals surface area contributed by atoms with Gasteiger partial charge in [-0.3, -0.25) is 0 Å². The third-order valence-corrected chi connectivity index (χ3v) is 5.02. The number of fused-ring (bicyclic) bond motifs is 1. The molecule has 0 amide bonds. The van der Waals surface area contributed by atoms with Gasteiger partial charge in [0.05, 0.1) is 0 Å². The summed E-state index contributed by atoms with van der Waals surface area (Å²) in [6, 6.07) is 3.82. The molecule has 13 heteroatoms. The Morgan fingerprint density at radius 1 is 0.903 bits per heavy atom. The number of nitrogens with one attached hydrogen (secondary N) is 2. The third-order valence-electron chi connectivity index (χ3n) is 5.02. The summed E-state index contributed by atoms with van der Waals surface area (Å²) >= 11 is 0. The molecule has 0 aliphatic carbocycles. The molecule has 1 saturated heterocycles. The van der Waals surface area contributed by atoms with Crippen LogP contribution in [0.3, 0.4) is 0 Å². The first-order chi connectivity index (χ1) is 14.4. The molecule has 1 fully saturated rings. The normalized spacial score (nSPS) is 16.4. The number of anilines is 1. The molecule has 0 unspecified atom stereocenters. The number of hydrogen-bond acceptors (Lipinski definition) is 4. The van der Waals surface area contributed by atoms with E-state index in [-0.39, 0.29) is 25.2 Å². The van der Waals surface area contributed by atoms with Gasteiger partial charge in [0, 0.05) is 43.2 Å². The molecular weight excluding hydrogens is 438 g/mol. The molecule has 3 heterocycles. The fourth-order valence-electron chi connectivity index (χ4n) is 3.36. The first kappa shape index (κ1) is 21.3. The second kappa shape index (κ2) is 7.04. The maximum atomic E-state index is 13.7. The quantitative estimate of drug-likeness (QED) is 0.589. The zero-order chi connectivity index (χ0) is 22.6. The van der Waals surface area contributed by atoms with Crippen molar-refractivity contribution in [2.24, 2.45) is 0 Å². The van der Waals surface area contributed by atoms with Gasteiger partial charge in [-0.15, -0.1) is 0 Å². The lowest BCUT2D eigenvalue weighted by atomic mass is 9.75. The Labute approximate surface area is 169 Å². The van der Waals surface area contributed by atoms with Crippen LogP contribution in [0.25, 0.3) is 5.65 Å². The van der Waals surface area contributed by atoms with Crippen LogP contribution in [0.1, 0.15) is 17.0 Å². The highest BCUT2D eigenvalue weighted by Gasteiger charge is 2.41. The maximum Gasteiger partial charge on any atom is 0.435 e. The zero-order valence-electron chi connectivity index (χ0n) is 15.4. The van der Waals surface area contributed by atoms with Gasteiger partial charge in [0.25, 0.3) is 0 Å². The zero-order valence-corrected chi connectivity index (χ0v) is 15.4. The number of alkyl halides is 6. The SMILES string of the molecule is Fc1cc(F)cc(C2(CNc3cc(C(F)(F)F)nc4cc(C(F)(F)F)nn34)CNC2)c1. The third kappa shape index (κ3) is 4.01. The van der Waals surface area contributed by atoms with Crippen molar-refractivity contribution in [2.45, 2.75) is 17.8 Å². The van der Waals surface area contributed by atoms with Crippen molar-refractivity contribution in [3.05, 3.63) is 58.9 Å². The summed E-state index contributed by atoms with van der Waals surface area (Å²) in [7, 11) is 0. The molecule has 0 spiro atoms. The van der Waals surface area contributed by atoms with Gasteiger partial charge in [-0.1, -0.05) is 0 Å². The van der Waals surface area contributed by atoms with Gasteiger partial charge in [-0.2, -0.15) is 36.0 Å². The molecule has 1 aliphatic rings. The Morgan fingerprint density at radius 3 is 2.03 bits per heavy atom. The molecule has 5 nitrogen and oxygen atoms in total. The van der Waals surface area contributed by atoms with E-state index in [1.54, 1.807) is 0 Å². The topological polar surface area (TPSA) is 54.2 Å². The molecule has 0 bridgehead atoms. The van der Waals surface area contributed by atoms with Gasteiger partial charge < -0.3 is 10.6 Å². The van der Waals surface area contributed by atoms with Crippen LogP contribution in [0.4, 0.5) is 40.9 Å². The summed E-state index contributed by atoms with van der Waals surface area (Å²) in [4.78, 5) is 3.23. The minimum absolute atomic E-state index is 0.124. The highest BCUT2D eigenvalue weighted by atomic mass is 19.4. The molecule has 4 rings (SSSR count). The van der Waals surface area contributed by atoms with Crippen LogP contribution in [0.5, 0.6) is 0 Å². The molecule has 0 atom stereocenters. The fourth-order valence-corrected chi connectivity index (χ4v) is 3.36. The van der Waals surface area contributed by atoms with Crippen molar-refractivity contribution in [2.75, 3.05) is 25.0 Å². The van der Waals surface area contributed by atoms with Crippen LogP contribution >= 0.6 is 0 Å². The van der Waals surface area contributed by atoms with E-state index in [1.165, 1.54) is 0 Å². The second-order valence-electron chi connectivity index (χ2n) is 7.22. The van der Waals surface area contributed by atoms with Crippen LogP contribution in [0.15, 0.2) is 30.3 Å². The van der Waals surface area contributed by atoms with E-state index in [4.69, 9.17) is 0 Å². The van der Waals surface area contributed by atoms with Crippen LogP contribution in [-0.4, -0.2) is 34.2 Å². The molecule has 2 N–H and O–H groups in total. The highest BCUT2D eigenvalue weighted by Crippen LogP contribution is 2.34. The van der Waals surface area contributed by atoms with E-state index >= 15 is 0 Å². The minimum atomic E-state index is -4.91. The van der Waals surface area contributed by atoms with E-state index in [2.05, 4.69) is 20.7 Å². The Kier molecular flexibility index (Phi) is 4.83. The van der Waals surface area contributed by atoms with Crippen molar-refractivity contribution >= 4 is 11.5 Å². The highest BCUT2D eigenvalue weighted by molar-refractivity contribution is 5.52. The number of hydrogen-bond donors (Lipinski definition) is 2. The first-order valence-corrected chi connectivity index (χ1v) is 8.84. The molecule has 0 radical (unpaired) electrons. The predicted octanol–water partition coefficient (Wildman–Crippen LogP) is 4.00. The van der Waals surface area contributed by atoms with Gasteiger partial charge >= 0.3 is 12.4 Å². The van der Waals surface area contributed by atoms with Gasteiger partial charge in [0.1, 0.15) is 17.5 Å². The van der Waals surface area contributed by atoms with Crippen molar-refractivity contribution in [3.8, 4) is 0 Å². The number of rotatable bonds is 4. The summed E-state index contributed by atoms with van der Waals surface area (Å²) in [6.07, 6.45) is -9.80.